The average molecular weight is 327 g/mol. The summed E-state index contributed by atoms with van der Waals surface area (Å²) in [6.07, 6.45) is 0.935. The van der Waals surface area contributed by atoms with Gasteiger partial charge in [0, 0.05) is 28.3 Å². The Hall–Kier alpha value is -2.26. The highest BCUT2D eigenvalue weighted by atomic mass is 35.5. The summed E-state index contributed by atoms with van der Waals surface area (Å²) in [7, 11) is 1.67. The van der Waals surface area contributed by atoms with E-state index in [4.69, 9.17) is 16.3 Å². The quantitative estimate of drug-likeness (QED) is 0.727. The third-order valence-corrected chi connectivity index (χ3v) is 4.04. The van der Waals surface area contributed by atoms with Crippen LogP contribution in [0.25, 0.3) is 10.9 Å². The number of fused-ring (bicyclic) bond motifs is 1. The number of aromatic nitrogens is 1. The summed E-state index contributed by atoms with van der Waals surface area (Å²) in [5.74, 6) is 0.798. The Morgan fingerprint density at radius 2 is 1.91 bits per heavy atom. The van der Waals surface area contributed by atoms with Crippen LogP contribution in [0, 0.1) is 6.92 Å². The molecular weight excluding hydrogens is 308 g/mol. The molecule has 0 amide bonds. The van der Waals surface area contributed by atoms with E-state index in [2.05, 4.69) is 34.6 Å². The highest BCUT2D eigenvalue weighted by Gasteiger charge is 2.08. The maximum absolute atomic E-state index is 5.92. The van der Waals surface area contributed by atoms with Gasteiger partial charge in [-0.3, -0.25) is 0 Å². The normalized spacial score (nSPS) is 10.7. The molecule has 0 unspecified atom stereocenters. The van der Waals surface area contributed by atoms with Crippen molar-refractivity contribution in [1.29, 1.82) is 0 Å². The van der Waals surface area contributed by atoms with Crippen molar-refractivity contribution in [3.05, 3.63) is 64.8 Å². The van der Waals surface area contributed by atoms with Crippen LogP contribution in [0.3, 0.4) is 0 Å². The van der Waals surface area contributed by atoms with Crippen molar-refractivity contribution in [2.45, 2.75) is 13.3 Å². The van der Waals surface area contributed by atoms with Gasteiger partial charge in [0.05, 0.1) is 7.11 Å². The number of ether oxygens (including phenoxy) is 1. The number of benzene rings is 2. The fourth-order valence-electron chi connectivity index (χ4n) is 2.65. The molecule has 1 N–H and O–H groups in total. The van der Waals surface area contributed by atoms with Crippen molar-refractivity contribution in [3.8, 4) is 5.75 Å². The van der Waals surface area contributed by atoms with E-state index in [9.17, 15) is 0 Å². The van der Waals surface area contributed by atoms with E-state index in [1.54, 1.807) is 7.11 Å². The zero-order valence-corrected chi connectivity index (χ0v) is 14.0. The maximum atomic E-state index is 5.92. The fourth-order valence-corrected chi connectivity index (χ4v) is 2.78. The van der Waals surface area contributed by atoms with E-state index in [-0.39, 0.29) is 0 Å². The zero-order chi connectivity index (χ0) is 16.2. The van der Waals surface area contributed by atoms with Crippen molar-refractivity contribution >= 4 is 28.2 Å². The largest absolute Gasteiger partial charge is 0.494 e. The van der Waals surface area contributed by atoms with E-state index in [1.165, 1.54) is 5.56 Å². The van der Waals surface area contributed by atoms with E-state index in [0.717, 1.165) is 46.0 Å². The first-order valence-electron chi connectivity index (χ1n) is 7.60. The third-order valence-electron chi connectivity index (χ3n) is 3.79. The summed E-state index contributed by atoms with van der Waals surface area (Å²) in [5.41, 5.74) is 4.20. The Balaban J connectivity index is 1.81. The van der Waals surface area contributed by atoms with Crippen LogP contribution in [-0.4, -0.2) is 18.6 Å². The molecule has 1 heterocycles. The van der Waals surface area contributed by atoms with Gasteiger partial charge >= 0.3 is 0 Å². The van der Waals surface area contributed by atoms with Gasteiger partial charge in [0.25, 0.3) is 0 Å². The summed E-state index contributed by atoms with van der Waals surface area (Å²) in [6.45, 7) is 2.84. The second-order valence-electron chi connectivity index (χ2n) is 5.47. The predicted octanol–water partition coefficient (Wildman–Crippen LogP) is 4.86. The van der Waals surface area contributed by atoms with Gasteiger partial charge < -0.3 is 10.1 Å². The first-order valence-corrected chi connectivity index (χ1v) is 7.98. The van der Waals surface area contributed by atoms with Crippen LogP contribution < -0.4 is 10.1 Å². The molecule has 0 aliphatic carbocycles. The molecule has 2 aromatic carbocycles. The molecule has 0 saturated carbocycles. The number of pyridine rings is 1. The molecule has 3 aromatic rings. The summed E-state index contributed by atoms with van der Waals surface area (Å²) in [4.78, 5) is 4.60. The smallest absolute Gasteiger partial charge is 0.145 e. The first-order chi connectivity index (χ1) is 11.2. The molecule has 0 aliphatic rings. The molecule has 0 bridgehead atoms. The van der Waals surface area contributed by atoms with Crippen LogP contribution in [0.1, 0.15) is 11.3 Å². The van der Waals surface area contributed by atoms with Crippen molar-refractivity contribution in [3.63, 3.8) is 0 Å². The van der Waals surface area contributed by atoms with Crippen molar-refractivity contribution in [1.82, 2.24) is 4.98 Å². The average Bonchev–Trinajstić information content (AvgIpc) is 2.56. The van der Waals surface area contributed by atoms with Gasteiger partial charge in [-0.2, -0.15) is 0 Å². The minimum absolute atomic E-state index is 0.768. The van der Waals surface area contributed by atoms with Crippen LogP contribution in [-0.2, 0) is 6.42 Å². The molecule has 1 aromatic heterocycles. The Morgan fingerprint density at radius 3 is 2.65 bits per heavy atom. The Labute approximate surface area is 141 Å². The number of anilines is 1. The van der Waals surface area contributed by atoms with E-state index in [1.807, 2.05) is 31.2 Å². The minimum Gasteiger partial charge on any atom is -0.494 e. The molecule has 0 radical (unpaired) electrons. The monoisotopic (exact) mass is 326 g/mol. The number of hydrogen-bond acceptors (Lipinski definition) is 3. The number of nitrogens with one attached hydrogen (secondary N) is 1. The fraction of sp³-hybridized carbons (Fsp3) is 0.211. The Bertz CT molecular complexity index is 815. The van der Waals surface area contributed by atoms with E-state index < -0.39 is 0 Å². The highest BCUT2D eigenvalue weighted by Crippen LogP contribution is 2.29. The minimum atomic E-state index is 0.768. The van der Waals surface area contributed by atoms with Gasteiger partial charge in [0.15, 0.2) is 0 Å². The van der Waals surface area contributed by atoms with Crippen molar-refractivity contribution in [2.75, 3.05) is 19.0 Å². The molecule has 3 rings (SSSR count). The van der Waals surface area contributed by atoms with Gasteiger partial charge in [-0.15, -0.1) is 0 Å². The predicted molar refractivity (Wildman–Crippen MR) is 96.7 cm³/mol. The van der Waals surface area contributed by atoms with Gasteiger partial charge in [-0.1, -0.05) is 35.9 Å². The molecular formula is C19H19ClN2O. The number of para-hydroxylation sites is 1. The standard InChI is InChI=1S/C19H19ClN2O/c1-13-12-17(16-4-3-5-18(23-2)19(16)22-13)21-11-10-14-6-8-15(20)9-7-14/h3-9,12H,10-11H2,1-2H3,(H,21,22). The lowest BCUT2D eigenvalue weighted by molar-refractivity contribution is 0.419. The highest BCUT2D eigenvalue weighted by molar-refractivity contribution is 6.30. The second-order valence-corrected chi connectivity index (χ2v) is 5.91. The summed E-state index contributed by atoms with van der Waals surface area (Å²) in [5, 5.41) is 5.36. The molecule has 0 atom stereocenters. The first kappa shape index (κ1) is 15.6. The lowest BCUT2D eigenvalue weighted by Crippen LogP contribution is -2.06. The van der Waals surface area contributed by atoms with Crippen LogP contribution in [0.2, 0.25) is 5.02 Å². The van der Waals surface area contributed by atoms with Crippen LogP contribution >= 0.6 is 11.6 Å². The summed E-state index contributed by atoms with van der Waals surface area (Å²) in [6, 6.07) is 16.0. The summed E-state index contributed by atoms with van der Waals surface area (Å²) < 4.78 is 5.42. The lowest BCUT2D eigenvalue weighted by atomic mass is 10.1. The number of halogens is 1. The van der Waals surface area contributed by atoms with Crippen molar-refractivity contribution < 1.29 is 4.74 Å². The van der Waals surface area contributed by atoms with E-state index in [0.29, 0.717) is 0 Å². The molecule has 118 valence electrons. The number of rotatable bonds is 5. The van der Waals surface area contributed by atoms with Crippen LogP contribution in [0.15, 0.2) is 48.5 Å². The van der Waals surface area contributed by atoms with Gasteiger partial charge in [0.1, 0.15) is 11.3 Å². The SMILES string of the molecule is COc1cccc2c(NCCc3ccc(Cl)cc3)cc(C)nc12. The molecule has 0 fully saturated rings. The van der Waals surface area contributed by atoms with Gasteiger partial charge in [0.2, 0.25) is 0 Å². The zero-order valence-electron chi connectivity index (χ0n) is 13.3. The molecule has 4 heteroatoms. The molecule has 3 nitrogen and oxygen atoms in total. The Morgan fingerprint density at radius 1 is 1.13 bits per heavy atom. The topological polar surface area (TPSA) is 34.1 Å². The van der Waals surface area contributed by atoms with E-state index >= 15 is 0 Å². The number of nitrogens with zero attached hydrogens (tertiary/aromatic N) is 1. The van der Waals surface area contributed by atoms with Crippen molar-refractivity contribution in [2.24, 2.45) is 0 Å². The molecule has 0 spiro atoms. The lowest BCUT2D eigenvalue weighted by Gasteiger charge is -2.12. The van der Waals surface area contributed by atoms with Gasteiger partial charge in [-0.25, -0.2) is 4.98 Å². The Kier molecular flexibility index (Phi) is 4.68. The second kappa shape index (κ2) is 6.88. The maximum Gasteiger partial charge on any atom is 0.145 e. The van der Waals surface area contributed by atoms with Crippen LogP contribution in [0.4, 0.5) is 5.69 Å². The van der Waals surface area contributed by atoms with Crippen LogP contribution in [0.5, 0.6) is 5.75 Å². The van der Waals surface area contributed by atoms with Gasteiger partial charge in [-0.05, 0) is 43.2 Å². The molecule has 0 aliphatic heterocycles. The number of hydrogen-bond donors (Lipinski definition) is 1. The number of aryl methyl sites for hydroxylation is 1. The number of methoxy groups -OCH3 is 1. The molecule has 23 heavy (non-hydrogen) atoms. The third kappa shape index (κ3) is 3.57. The molecule has 0 saturated heterocycles. The summed E-state index contributed by atoms with van der Waals surface area (Å²) >= 11 is 5.92.